The number of rotatable bonds is 1. The van der Waals surface area contributed by atoms with Gasteiger partial charge >= 0.3 is 0 Å². The second kappa shape index (κ2) is 3.93. The smallest absolute Gasteiger partial charge is 0.0962 e. The first-order valence-corrected chi connectivity index (χ1v) is 4.65. The lowest BCUT2D eigenvalue weighted by Crippen LogP contribution is -2.20. The molecule has 3 nitrogen and oxygen atoms in total. The van der Waals surface area contributed by atoms with E-state index in [-0.39, 0.29) is 0 Å². The van der Waals surface area contributed by atoms with Crippen LogP contribution in [0.2, 0.25) is 0 Å². The van der Waals surface area contributed by atoms with Crippen LogP contribution in [0.25, 0.3) is 0 Å². The Morgan fingerprint density at radius 2 is 2.21 bits per heavy atom. The van der Waals surface area contributed by atoms with Crippen LogP contribution >= 0.6 is 0 Å². The molecule has 2 heterocycles. The summed E-state index contributed by atoms with van der Waals surface area (Å²) in [5, 5.41) is 11.9. The maximum Gasteiger partial charge on any atom is 0.0962 e. The van der Waals surface area contributed by atoms with E-state index in [1.165, 1.54) is 5.56 Å². The molecule has 0 aromatic carbocycles. The highest BCUT2D eigenvalue weighted by atomic mass is 14.9. The van der Waals surface area contributed by atoms with Gasteiger partial charge in [0.2, 0.25) is 0 Å². The van der Waals surface area contributed by atoms with E-state index >= 15 is 0 Å². The molecule has 1 unspecified atom stereocenters. The molecule has 0 amide bonds. The van der Waals surface area contributed by atoms with E-state index in [9.17, 15) is 0 Å². The average Bonchev–Trinajstić information content (AvgIpc) is 2.30. The number of nitrogens with one attached hydrogen (secondary N) is 1. The Labute approximate surface area is 83.1 Å². The van der Waals surface area contributed by atoms with E-state index in [1.54, 1.807) is 12.4 Å². The van der Waals surface area contributed by atoms with Crippen LogP contribution in [0.15, 0.2) is 36.3 Å². The van der Waals surface area contributed by atoms with Gasteiger partial charge in [0, 0.05) is 24.2 Å². The van der Waals surface area contributed by atoms with Crippen LogP contribution in [0.5, 0.6) is 0 Å². The third-order valence-corrected chi connectivity index (χ3v) is 2.41. The van der Waals surface area contributed by atoms with Crippen molar-refractivity contribution < 1.29 is 0 Å². The van der Waals surface area contributed by atoms with Gasteiger partial charge in [0.15, 0.2) is 0 Å². The third-order valence-electron chi connectivity index (χ3n) is 2.41. The third kappa shape index (κ3) is 1.74. The predicted octanol–water partition coefficient (Wildman–Crippen LogP) is 1.91. The Balaban J connectivity index is 2.11. The summed E-state index contributed by atoms with van der Waals surface area (Å²) in [6, 6.07) is 6.50. The second-order valence-corrected chi connectivity index (χ2v) is 3.32. The Morgan fingerprint density at radius 1 is 1.43 bits per heavy atom. The SMILES string of the molecule is N#CC1=CNC(c2ccncc2)CC1. The van der Waals surface area contributed by atoms with Crippen molar-refractivity contribution in [3.8, 4) is 6.07 Å². The summed E-state index contributed by atoms with van der Waals surface area (Å²) in [4.78, 5) is 3.98. The minimum Gasteiger partial charge on any atom is -0.383 e. The Bertz CT molecular complexity index is 375. The molecule has 0 spiro atoms. The van der Waals surface area contributed by atoms with E-state index < -0.39 is 0 Å². The van der Waals surface area contributed by atoms with Gasteiger partial charge in [-0.2, -0.15) is 5.26 Å². The number of hydrogen-bond donors (Lipinski definition) is 1. The molecular weight excluding hydrogens is 174 g/mol. The second-order valence-electron chi connectivity index (χ2n) is 3.32. The van der Waals surface area contributed by atoms with Crippen LogP contribution in [0.4, 0.5) is 0 Å². The lowest BCUT2D eigenvalue weighted by molar-refractivity contribution is 0.544. The molecule has 0 saturated heterocycles. The molecule has 0 saturated carbocycles. The molecule has 70 valence electrons. The fraction of sp³-hybridized carbons (Fsp3) is 0.273. The summed E-state index contributed by atoms with van der Waals surface area (Å²) >= 11 is 0. The van der Waals surface area contributed by atoms with Gasteiger partial charge in [-0.25, -0.2) is 0 Å². The molecule has 1 aromatic rings. The van der Waals surface area contributed by atoms with Crippen molar-refractivity contribution in [3.63, 3.8) is 0 Å². The van der Waals surface area contributed by atoms with Gasteiger partial charge in [-0.15, -0.1) is 0 Å². The molecule has 2 rings (SSSR count). The average molecular weight is 185 g/mol. The molecule has 1 atom stereocenters. The van der Waals surface area contributed by atoms with Crippen molar-refractivity contribution in [1.82, 2.24) is 10.3 Å². The Hall–Kier alpha value is -1.82. The first-order chi connectivity index (χ1) is 6.90. The molecular formula is C11H11N3. The number of allylic oxidation sites excluding steroid dienone is 1. The van der Waals surface area contributed by atoms with Crippen molar-refractivity contribution in [1.29, 1.82) is 5.26 Å². The zero-order valence-corrected chi connectivity index (χ0v) is 7.77. The molecule has 0 fully saturated rings. The summed E-state index contributed by atoms with van der Waals surface area (Å²) in [5.74, 6) is 0. The summed E-state index contributed by atoms with van der Waals surface area (Å²) in [6.45, 7) is 0. The van der Waals surface area contributed by atoms with Crippen molar-refractivity contribution in [3.05, 3.63) is 41.9 Å². The largest absolute Gasteiger partial charge is 0.383 e. The number of pyridine rings is 1. The highest BCUT2D eigenvalue weighted by molar-refractivity contribution is 5.25. The van der Waals surface area contributed by atoms with Gasteiger partial charge in [-0.05, 0) is 30.5 Å². The van der Waals surface area contributed by atoms with Gasteiger partial charge in [0.1, 0.15) is 0 Å². The van der Waals surface area contributed by atoms with Crippen LogP contribution < -0.4 is 5.32 Å². The summed E-state index contributed by atoms with van der Waals surface area (Å²) in [7, 11) is 0. The Morgan fingerprint density at radius 3 is 2.79 bits per heavy atom. The highest BCUT2D eigenvalue weighted by Gasteiger charge is 2.14. The Kier molecular flexibility index (Phi) is 2.46. The normalized spacial score (nSPS) is 20.5. The fourth-order valence-electron chi connectivity index (χ4n) is 1.60. The zero-order chi connectivity index (χ0) is 9.80. The maximum absolute atomic E-state index is 8.68. The molecule has 3 heteroatoms. The minimum atomic E-state index is 0.329. The molecule has 0 radical (unpaired) electrons. The first-order valence-electron chi connectivity index (χ1n) is 4.65. The van der Waals surface area contributed by atoms with Crippen molar-refractivity contribution in [2.24, 2.45) is 0 Å². The number of nitriles is 1. The van der Waals surface area contributed by atoms with Crippen LogP contribution in [0.3, 0.4) is 0 Å². The minimum absolute atomic E-state index is 0.329. The van der Waals surface area contributed by atoms with Crippen LogP contribution in [0.1, 0.15) is 24.4 Å². The van der Waals surface area contributed by atoms with Crippen LogP contribution in [-0.2, 0) is 0 Å². The monoisotopic (exact) mass is 185 g/mol. The quantitative estimate of drug-likeness (QED) is 0.727. The van der Waals surface area contributed by atoms with Gasteiger partial charge in [-0.1, -0.05) is 0 Å². The standard InChI is InChI=1S/C11H11N3/c12-7-9-1-2-11(14-8-9)10-3-5-13-6-4-10/h3-6,8,11,14H,1-2H2. The summed E-state index contributed by atoms with van der Waals surface area (Å²) in [6.07, 6.45) is 7.23. The van der Waals surface area contributed by atoms with E-state index in [0.29, 0.717) is 6.04 Å². The lowest BCUT2D eigenvalue weighted by Gasteiger charge is -2.21. The number of aromatic nitrogens is 1. The van der Waals surface area contributed by atoms with Crippen molar-refractivity contribution >= 4 is 0 Å². The molecule has 1 aliphatic heterocycles. The predicted molar refractivity (Wildman–Crippen MR) is 53.0 cm³/mol. The van der Waals surface area contributed by atoms with Gasteiger partial charge in [0.25, 0.3) is 0 Å². The van der Waals surface area contributed by atoms with Gasteiger partial charge < -0.3 is 5.32 Å². The van der Waals surface area contributed by atoms with Crippen LogP contribution in [0, 0.1) is 11.3 Å². The topological polar surface area (TPSA) is 48.7 Å². The summed E-state index contributed by atoms with van der Waals surface area (Å²) in [5.41, 5.74) is 2.06. The highest BCUT2D eigenvalue weighted by Crippen LogP contribution is 2.23. The van der Waals surface area contributed by atoms with Gasteiger partial charge in [0.05, 0.1) is 12.1 Å². The fourth-order valence-corrected chi connectivity index (χ4v) is 1.60. The molecule has 1 aliphatic rings. The molecule has 14 heavy (non-hydrogen) atoms. The van der Waals surface area contributed by atoms with E-state index in [4.69, 9.17) is 5.26 Å². The van der Waals surface area contributed by atoms with Crippen LogP contribution in [-0.4, -0.2) is 4.98 Å². The lowest BCUT2D eigenvalue weighted by atomic mass is 9.98. The van der Waals surface area contributed by atoms with E-state index in [0.717, 1.165) is 18.4 Å². The molecule has 0 bridgehead atoms. The zero-order valence-electron chi connectivity index (χ0n) is 7.77. The molecule has 0 aliphatic carbocycles. The molecule has 1 N–H and O–H groups in total. The van der Waals surface area contributed by atoms with Crippen molar-refractivity contribution in [2.45, 2.75) is 18.9 Å². The van der Waals surface area contributed by atoms with E-state index in [1.807, 2.05) is 18.3 Å². The van der Waals surface area contributed by atoms with E-state index in [2.05, 4.69) is 16.4 Å². The maximum atomic E-state index is 8.68. The number of hydrogen-bond acceptors (Lipinski definition) is 3. The van der Waals surface area contributed by atoms with Crippen molar-refractivity contribution in [2.75, 3.05) is 0 Å². The molecule has 1 aromatic heterocycles. The summed E-state index contributed by atoms with van der Waals surface area (Å²) < 4.78 is 0. The first kappa shape index (κ1) is 8.76. The van der Waals surface area contributed by atoms with Gasteiger partial charge in [-0.3, -0.25) is 4.98 Å². The number of nitrogens with zero attached hydrogens (tertiary/aromatic N) is 2.